The number of aliphatic imine (C=N–C) groups is 1. The summed E-state index contributed by atoms with van der Waals surface area (Å²) in [5.74, 6) is 6.83. The lowest BCUT2D eigenvalue weighted by Crippen LogP contribution is -2.53. The molecule has 4 heterocycles. The number of carbonyl (C=O) groups is 4. The van der Waals surface area contributed by atoms with Crippen molar-refractivity contribution >= 4 is 35.4 Å². The Morgan fingerprint density at radius 3 is 1.94 bits per heavy atom. The number of hydrogen-bond acceptors (Lipinski definition) is 8. The molecule has 4 amide bonds. The van der Waals surface area contributed by atoms with Crippen molar-refractivity contribution in [2.24, 2.45) is 16.8 Å². The maximum absolute atomic E-state index is 13.6. The smallest absolute Gasteiger partial charge is 0.407 e. The van der Waals surface area contributed by atoms with Crippen molar-refractivity contribution in [1.29, 1.82) is 0 Å². The van der Waals surface area contributed by atoms with Gasteiger partial charge < -0.3 is 34.9 Å². The molecule has 6 rings (SSSR count). The van der Waals surface area contributed by atoms with E-state index in [4.69, 9.17) is 14.5 Å². The number of nitrogens with zero attached hydrogens (tertiary/aromatic N) is 4. The lowest BCUT2D eigenvalue weighted by atomic mass is 9.99. The van der Waals surface area contributed by atoms with E-state index in [-0.39, 0.29) is 35.7 Å². The van der Waals surface area contributed by atoms with E-state index >= 15 is 0 Å². The Labute approximate surface area is 316 Å². The maximum atomic E-state index is 13.6. The summed E-state index contributed by atoms with van der Waals surface area (Å²) in [5, 5.41) is 5.40. The highest BCUT2D eigenvalue weighted by Crippen LogP contribution is 2.34. The van der Waals surface area contributed by atoms with E-state index in [9.17, 15) is 19.2 Å². The number of carbonyl (C=O) groups excluding carboxylic acids is 4. The first kappa shape index (κ1) is 38.1. The first-order chi connectivity index (χ1) is 26.0. The fourth-order valence-corrected chi connectivity index (χ4v) is 7.47. The van der Waals surface area contributed by atoms with Gasteiger partial charge in [0, 0.05) is 36.3 Å². The predicted octanol–water partition coefficient (Wildman–Crippen LogP) is 5.52. The summed E-state index contributed by atoms with van der Waals surface area (Å²) in [6.45, 7) is 8.83. The third kappa shape index (κ3) is 8.28. The van der Waals surface area contributed by atoms with Crippen LogP contribution in [0.2, 0.25) is 0 Å². The van der Waals surface area contributed by atoms with Crippen LogP contribution in [0.3, 0.4) is 0 Å². The molecule has 3 aliphatic heterocycles. The maximum Gasteiger partial charge on any atom is 0.407 e. The third-order valence-corrected chi connectivity index (χ3v) is 10.4. The number of alkyl carbamates (subject to hydrolysis) is 2. The number of methoxy groups -OCH3 is 2. The van der Waals surface area contributed by atoms with Gasteiger partial charge in [0.2, 0.25) is 11.8 Å². The van der Waals surface area contributed by atoms with E-state index in [0.29, 0.717) is 25.3 Å². The molecular weight excluding hydrogens is 686 g/mol. The van der Waals surface area contributed by atoms with Crippen molar-refractivity contribution in [3.05, 3.63) is 71.2 Å². The summed E-state index contributed by atoms with van der Waals surface area (Å²) >= 11 is 0. The number of likely N-dealkylation sites (tertiary alicyclic amines) is 2. The van der Waals surface area contributed by atoms with Crippen LogP contribution in [0, 0.1) is 23.7 Å². The van der Waals surface area contributed by atoms with E-state index < -0.39 is 24.3 Å². The number of aromatic amines is 1. The minimum atomic E-state index is -0.689. The molecule has 0 bridgehead atoms. The van der Waals surface area contributed by atoms with Crippen LogP contribution in [0.25, 0.3) is 11.3 Å². The molecule has 2 saturated heterocycles. The van der Waals surface area contributed by atoms with Gasteiger partial charge in [-0.1, -0.05) is 51.7 Å². The number of H-pyrrole nitrogens is 1. The normalized spacial score (nSPS) is 18.8. The predicted molar refractivity (Wildman–Crippen MR) is 204 cm³/mol. The standard InChI is InChI=1S/C41H49N7O6/c1-24(2)35(45-40(51)53-5)38(49)47-19-7-9-33(47)31-22-29-21-27(15-18-30(29)43-31)12-11-26-13-16-28(17-14-26)32-23-42-37(44-32)34-10-8-20-48(34)39(50)36(25(3)4)46-41(52)54-6/h13-18,21,23-25,33-36H,7-10,19-20,22H2,1-6H3,(H,42,44)(H,45,51)(H,46,52)/t33-,34-,35-,36-/m0/s1. The second-order valence-corrected chi connectivity index (χ2v) is 14.7. The molecule has 0 spiro atoms. The van der Waals surface area contributed by atoms with Gasteiger partial charge in [-0.2, -0.15) is 0 Å². The van der Waals surface area contributed by atoms with Gasteiger partial charge in [-0.05, 0) is 79.0 Å². The lowest BCUT2D eigenvalue weighted by molar-refractivity contribution is -0.135. The molecule has 0 saturated carbocycles. The first-order valence-corrected chi connectivity index (χ1v) is 18.6. The Bertz CT molecular complexity index is 1970. The van der Waals surface area contributed by atoms with Gasteiger partial charge in [0.05, 0.1) is 43.9 Å². The molecule has 3 aliphatic rings. The van der Waals surface area contributed by atoms with Crippen LogP contribution < -0.4 is 10.6 Å². The molecule has 2 fully saturated rings. The molecule has 54 heavy (non-hydrogen) atoms. The fourth-order valence-electron chi connectivity index (χ4n) is 7.47. The SMILES string of the molecule is COC(=O)N[C@H](C(=O)N1CCC[C@H]1C1=Nc2ccc(C#Cc3ccc(-c4cnc([C@@H]5CCCN5C(=O)[C@@H](NC(=O)OC)C(C)C)[nH]4)cc3)cc2C1)C(C)C. The number of hydrogen-bond donors (Lipinski definition) is 3. The molecule has 2 aromatic carbocycles. The number of amides is 4. The number of ether oxygens (including phenoxy) is 2. The Kier molecular flexibility index (Phi) is 11.7. The molecule has 3 aromatic rings. The Morgan fingerprint density at radius 1 is 0.796 bits per heavy atom. The Balaban J connectivity index is 1.09. The number of nitrogens with one attached hydrogen (secondary N) is 3. The number of imidazole rings is 1. The van der Waals surface area contributed by atoms with Gasteiger partial charge in [0.1, 0.15) is 17.9 Å². The van der Waals surface area contributed by atoms with E-state index in [1.54, 1.807) is 11.1 Å². The van der Waals surface area contributed by atoms with Gasteiger partial charge in [-0.15, -0.1) is 0 Å². The molecule has 13 heteroatoms. The van der Waals surface area contributed by atoms with Crippen molar-refractivity contribution in [2.75, 3.05) is 27.3 Å². The van der Waals surface area contributed by atoms with E-state index in [1.165, 1.54) is 14.2 Å². The van der Waals surface area contributed by atoms with Crippen LogP contribution in [0.1, 0.15) is 81.9 Å². The van der Waals surface area contributed by atoms with Crippen LogP contribution in [-0.4, -0.2) is 94.9 Å². The molecule has 3 N–H and O–H groups in total. The van der Waals surface area contributed by atoms with E-state index in [2.05, 4.69) is 38.5 Å². The highest BCUT2D eigenvalue weighted by Gasteiger charge is 2.39. The summed E-state index contributed by atoms with van der Waals surface area (Å²) in [5.41, 5.74) is 6.47. The summed E-state index contributed by atoms with van der Waals surface area (Å²) in [4.78, 5) is 67.6. The van der Waals surface area contributed by atoms with E-state index in [1.807, 2.05) is 69.0 Å². The third-order valence-electron chi connectivity index (χ3n) is 10.4. The largest absolute Gasteiger partial charge is 0.453 e. The zero-order chi connectivity index (χ0) is 38.5. The van der Waals surface area contributed by atoms with Crippen LogP contribution in [0.15, 0.2) is 53.7 Å². The lowest BCUT2D eigenvalue weighted by Gasteiger charge is -2.30. The van der Waals surface area contributed by atoms with Crippen LogP contribution in [0.5, 0.6) is 0 Å². The van der Waals surface area contributed by atoms with Gasteiger partial charge in [0.15, 0.2) is 0 Å². The fraction of sp³-hybridized carbons (Fsp3) is 0.463. The van der Waals surface area contributed by atoms with Crippen molar-refractivity contribution < 1.29 is 28.7 Å². The monoisotopic (exact) mass is 735 g/mol. The first-order valence-electron chi connectivity index (χ1n) is 18.6. The van der Waals surface area contributed by atoms with Crippen LogP contribution >= 0.6 is 0 Å². The number of rotatable bonds is 9. The molecule has 0 unspecified atom stereocenters. The number of benzene rings is 2. The topological polar surface area (TPSA) is 158 Å². The molecule has 284 valence electrons. The second kappa shape index (κ2) is 16.6. The molecular formula is C41H49N7O6. The minimum absolute atomic E-state index is 0.0919. The number of aromatic nitrogens is 2. The average Bonchev–Trinajstić information content (AvgIpc) is 4.00. The van der Waals surface area contributed by atoms with Crippen molar-refractivity contribution in [3.63, 3.8) is 0 Å². The number of fused-ring (bicyclic) bond motifs is 1. The van der Waals surface area contributed by atoms with Gasteiger partial charge >= 0.3 is 12.2 Å². The Morgan fingerprint density at radius 2 is 1.35 bits per heavy atom. The summed E-state index contributed by atoms with van der Waals surface area (Å²) < 4.78 is 9.51. The molecule has 0 aliphatic carbocycles. The average molecular weight is 736 g/mol. The van der Waals surface area contributed by atoms with Gasteiger partial charge in [-0.25, -0.2) is 14.6 Å². The van der Waals surface area contributed by atoms with Crippen molar-refractivity contribution in [2.45, 2.75) is 84.0 Å². The van der Waals surface area contributed by atoms with Crippen LogP contribution in [-0.2, 0) is 25.5 Å². The highest BCUT2D eigenvalue weighted by molar-refractivity contribution is 6.01. The van der Waals surface area contributed by atoms with Crippen molar-refractivity contribution in [3.8, 4) is 23.1 Å². The van der Waals surface area contributed by atoms with Crippen molar-refractivity contribution in [1.82, 2.24) is 30.4 Å². The molecule has 1 aromatic heterocycles. The Hall–Kier alpha value is -5.64. The molecule has 0 radical (unpaired) electrons. The molecule has 4 atom stereocenters. The zero-order valence-electron chi connectivity index (χ0n) is 31.8. The molecule has 13 nitrogen and oxygen atoms in total. The highest BCUT2D eigenvalue weighted by atomic mass is 16.5. The quantitative estimate of drug-likeness (QED) is 0.244. The second-order valence-electron chi connectivity index (χ2n) is 14.7. The summed E-state index contributed by atoms with van der Waals surface area (Å²) in [6, 6.07) is 12.3. The zero-order valence-corrected chi connectivity index (χ0v) is 31.8. The van der Waals surface area contributed by atoms with Gasteiger partial charge in [0.25, 0.3) is 0 Å². The van der Waals surface area contributed by atoms with E-state index in [0.717, 1.165) is 65.0 Å². The minimum Gasteiger partial charge on any atom is -0.453 e. The summed E-state index contributed by atoms with van der Waals surface area (Å²) in [6.07, 6.45) is 4.52. The van der Waals surface area contributed by atoms with Gasteiger partial charge in [-0.3, -0.25) is 14.6 Å². The van der Waals surface area contributed by atoms with Crippen LogP contribution in [0.4, 0.5) is 15.3 Å². The summed E-state index contributed by atoms with van der Waals surface area (Å²) in [7, 11) is 2.58.